The summed E-state index contributed by atoms with van der Waals surface area (Å²) in [6.45, 7) is -0.0134. The second-order valence-corrected chi connectivity index (χ2v) is 7.88. The van der Waals surface area contributed by atoms with Crippen LogP contribution in [0.4, 0.5) is 8.78 Å². The molecule has 33 heavy (non-hydrogen) atoms. The zero-order valence-corrected chi connectivity index (χ0v) is 17.7. The number of amides is 4. The van der Waals surface area contributed by atoms with Gasteiger partial charge < -0.3 is 15.0 Å². The number of benzene rings is 2. The number of carbonyl (C=O) groups excluding carboxylic acids is 4. The molecule has 0 bridgehead atoms. The minimum Gasteiger partial charge on any atom is -0.497 e. The van der Waals surface area contributed by atoms with Gasteiger partial charge in [0, 0.05) is 30.6 Å². The first-order valence-corrected chi connectivity index (χ1v) is 10.3. The van der Waals surface area contributed by atoms with E-state index in [0.29, 0.717) is 16.7 Å². The van der Waals surface area contributed by atoms with Crippen LogP contribution in [0.15, 0.2) is 42.5 Å². The molecule has 2 aliphatic rings. The van der Waals surface area contributed by atoms with Crippen molar-refractivity contribution in [3.8, 4) is 5.75 Å². The molecule has 0 radical (unpaired) electrons. The third-order valence-corrected chi connectivity index (χ3v) is 5.76. The Morgan fingerprint density at radius 2 is 2.00 bits per heavy atom. The van der Waals surface area contributed by atoms with Gasteiger partial charge in [-0.05, 0) is 35.7 Å². The zero-order valence-electron chi connectivity index (χ0n) is 17.7. The number of carbonyl (C=O) groups is 4. The molecule has 2 heterocycles. The van der Waals surface area contributed by atoms with Crippen LogP contribution in [-0.2, 0) is 33.4 Å². The van der Waals surface area contributed by atoms with E-state index < -0.39 is 29.3 Å². The lowest BCUT2D eigenvalue weighted by Gasteiger charge is -2.29. The van der Waals surface area contributed by atoms with Gasteiger partial charge in [0.25, 0.3) is 11.8 Å². The second-order valence-electron chi connectivity index (χ2n) is 7.88. The Balaban J connectivity index is 1.43. The Labute approximate surface area is 187 Å². The van der Waals surface area contributed by atoms with Gasteiger partial charge in [-0.1, -0.05) is 24.3 Å². The molecule has 2 aromatic carbocycles. The van der Waals surface area contributed by atoms with Gasteiger partial charge in [0.1, 0.15) is 11.8 Å². The largest absolute Gasteiger partial charge is 0.497 e. The Hall–Kier alpha value is -3.82. The maximum atomic E-state index is 14.6. The van der Waals surface area contributed by atoms with Crippen LogP contribution in [0, 0.1) is 0 Å². The van der Waals surface area contributed by atoms with Crippen molar-refractivity contribution in [1.29, 1.82) is 0 Å². The molecular weight excluding hydrogens is 436 g/mol. The number of hydrogen-bond donors (Lipinski definition) is 2. The van der Waals surface area contributed by atoms with E-state index in [4.69, 9.17) is 4.74 Å². The Morgan fingerprint density at radius 1 is 1.21 bits per heavy atom. The fourth-order valence-corrected chi connectivity index (χ4v) is 3.98. The molecule has 0 aromatic heterocycles. The Morgan fingerprint density at radius 3 is 2.73 bits per heavy atom. The number of halogens is 2. The van der Waals surface area contributed by atoms with E-state index in [2.05, 4.69) is 10.6 Å². The number of alkyl halides is 2. The minimum atomic E-state index is -3.76. The molecule has 0 aliphatic carbocycles. The van der Waals surface area contributed by atoms with Gasteiger partial charge in [-0.2, -0.15) is 8.78 Å². The van der Waals surface area contributed by atoms with Gasteiger partial charge in [-0.3, -0.25) is 24.5 Å². The lowest BCUT2D eigenvalue weighted by atomic mass is 10.0. The van der Waals surface area contributed by atoms with Crippen LogP contribution in [0.25, 0.3) is 0 Å². The number of methoxy groups -OCH3 is 1. The van der Waals surface area contributed by atoms with E-state index in [0.717, 1.165) is 12.1 Å². The van der Waals surface area contributed by atoms with Crippen LogP contribution in [0.5, 0.6) is 5.75 Å². The molecule has 4 amide bonds. The van der Waals surface area contributed by atoms with Gasteiger partial charge >= 0.3 is 5.92 Å². The fourth-order valence-electron chi connectivity index (χ4n) is 3.98. The van der Waals surface area contributed by atoms with E-state index in [1.165, 1.54) is 24.1 Å². The predicted octanol–water partition coefficient (Wildman–Crippen LogP) is 1.86. The summed E-state index contributed by atoms with van der Waals surface area (Å²) in [5, 5.41) is 4.47. The van der Waals surface area contributed by atoms with Crippen LogP contribution in [0.3, 0.4) is 0 Å². The summed E-state index contributed by atoms with van der Waals surface area (Å²) in [6.07, 6.45) is 0.391. The van der Waals surface area contributed by atoms with Crippen molar-refractivity contribution in [3.63, 3.8) is 0 Å². The number of fused-ring (bicyclic) bond motifs is 1. The smallest absolute Gasteiger partial charge is 0.349 e. The number of nitrogens with zero attached hydrogens (tertiary/aromatic N) is 1. The molecule has 1 atom stereocenters. The zero-order chi connectivity index (χ0) is 23.8. The standard InChI is InChI=1S/C23H21F2N3O5/c1-33-16-4-2-3-15(10-16)23(24,25)22(32)26-11-13-5-6-17-14(9-13)12-28(21(17)31)18-7-8-19(29)27-20(18)30/h2-6,9-10,18H,7-8,11-12H2,1H3,(H,26,32)(H,27,29,30). The van der Waals surface area contributed by atoms with Crippen LogP contribution < -0.4 is 15.4 Å². The van der Waals surface area contributed by atoms with Crippen LogP contribution >= 0.6 is 0 Å². The predicted molar refractivity (Wildman–Crippen MR) is 111 cm³/mol. The summed E-state index contributed by atoms with van der Waals surface area (Å²) in [6, 6.07) is 9.13. The van der Waals surface area contributed by atoms with E-state index in [1.807, 2.05) is 0 Å². The number of ether oxygens (including phenoxy) is 1. The van der Waals surface area contributed by atoms with Crippen molar-refractivity contribution in [2.24, 2.45) is 0 Å². The van der Waals surface area contributed by atoms with Gasteiger partial charge in [-0.15, -0.1) is 0 Å². The van der Waals surface area contributed by atoms with Crippen molar-refractivity contribution >= 4 is 23.6 Å². The number of imide groups is 1. The summed E-state index contributed by atoms with van der Waals surface area (Å²) < 4.78 is 34.1. The molecule has 1 unspecified atom stereocenters. The van der Waals surface area contributed by atoms with Crippen LogP contribution in [-0.4, -0.2) is 41.7 Å². The number of hydrogen-bond acceptors (Lipinski definition) is 5. The van der Waals surface area contributed by atoms with Gasteiger partial charge in [0.05, 0.1) is 7.11 Å². The molecule has 0 saturated carbocycles. The lowest BCUT2D eigenvalue weighted by Crippen LogP contribution is -2.52. The number of nitrogens with one attached hydrogen (secondary N) is 2. The molecule has 2 N–H and O–H groups in total. The topological polar surface area (TPSA) is 105 Å². The third kappa shape index (κ3) is 4.28. The van der Waals surface area contributed by atoms with Crippen LogP contribution in [0.2, 0.25) is 0 Å². The lowest BCUT2D eigenvalue weighted by molar-refractivity contribution is -0.147. The summed E-state index contributed by atoms with van der Waals surface area (Å²) in [4.78, 5) is 49.8. The first kappa shape index (κ1) is 22.4. The van der Waals surface area contributed by atoms with Gasteiger partial charge in [0.15, 0.2) is 0 Å². The summed E-state index contributed by atoms with van der Waals surface area (Å²) >= 11 is 0. The second kappa shape index (κ2) is 8.61. The van der Waals surface area contributed by atoms with Crippen molar-refractivity contribution < 1.29 is 32.7 Å². The highest BCUT2D eigenvalue weighted by Crippen LogP contribution is 2.31. The Kier molecular flexibility index (Phi) is 5.84. The van der Waals surface area contributed by atoms with Crippen LogP contribution in [0.1, 0.15) is 39.9 Å². The molecule has 1 saturated heterocycles. The van der Waals surface area contributed by atoms with E-state index in [9.17, 15) is 28.0 Å². The molecule has 172 valence electrons. The molecule has 10 heteroatoms. The first-order valence-electron chi connectivity index (χ1n) is 10.3. The molecule has 2 aliphatic heterocycles. The SMILES string of the molecule is COc1cccc(C(F)(F)C(=O)NCc2ccc3c(c2)CN(C2CCC(=O)NC2=O)C3=O)c1. The van der Waals surface area contributed by atoms with E-state index in [-0.39, 0.29) is 43.5 Å². The van der Waals surface area contributed by atoms with Crippen molar-refractivity contribution in [2.45, 2.75) is 37.9 Å². The first-order chi connectivity index (χ1) is 15.7. The molecule has 1 fully saturated rings. The molecule has 8 nitrogen and oxygen atoms in total. The Bertz CT molecular complexity index is 1150. The van der Waals surface area contributed by atoms with Crippen molar-refractivity contribution in [1.82, 2.24) is 15.5 Å². The summed E-state index contributed by atoms with van der Waals surface area (Å²) in [5.74, 6) is -6.23. The highest BCUT2D eigenvalue weighted by Gasteiger charge is 2.41. The van der Waals surface area contributed by atoms with Crippen molar-refractivity contribution in [2.75, 3.05) is 7.11 Å². The fraction of sp³-hybridized carbons (Fsp3) is 0.304. The summed E-state index contributed by atoms with van der Waals surface area (Å²) in [5.41, 5.74) is 1.06. The average molecular weight is 457 g/mol. The molecule has 0 spiro atoms. The summed E-state index contributed by atoms with van der Waals surface area (Å²) in [7, 11) is 1.34. The maximum absolute atomic E-state index is 14.6. The van der Waals surface area contributed by atoms with Gasteiger partial charge in [0.2, 0.25) is 11.8 Å². The minimum absolute atomic E-state index is 0.148. The molecule has 4 rings (SSSR count). The highest BCUT2D eigenvalue weighted by atomic mass is 19.3. The van der Waals surface area contributed by atoms with E-state index in [1.54, 1.807) is 18.2 Å². The number of piperidine rings is 1. The van der Waals surface area contributed by atoms with E-state index >= 15 is 0 Å². The highest BCUT2D eigenvalue weighted by molar-refractivity contribution is 6.05. The quantitative estimate of drug-likeness (QED) is 0.645. The third-order valence-electron chi connectivity index (χ3n) is 5.76. The van der Waals surface area contributed by atoms with Gasteiger partial charge in [-0.25, -0.2) is 0 Å². The monoisotopic (exact) mass is 457 g/mol. The number of rotatable bonds is 6. The molecular formula is C23H21F2N3O5. The molecule has 2 aromatic rings. The van der Waals surface area contributed by atoms with Crippen molar-refractivity contribution in [3.05, 3.63) is 64.7 Å². The normalized spacial score (nSPS) is 18.1. The maximum Gasteiger partial charge on any atom is 0.349 e. The average Bonchev–Trinajstić information content (AvgIpc) is 3.12.